The number of aryl methyl sites for hydroxylation is 1. The summed E-state index contributed by atoms with van der Waals surface area (Å²) in [5, 5.41) is 0.837. The number of hydrogen-bond donors (Lipinski definition) is 0. The van der Waals surface area contributed by atoms with Crippen molar-refractivity contribution >= 4 is 34.2 Å². The summed E-state index contributed by atoms with van der Waals surface area (Å²) in [4.78, 5) is 1.41. The molecule has 0 saturated carbocycles. The van der Waals surface area contributed by atoms with E-state index in [1.54, 1.807) is 12.1 Å². The molecule has 2 aliphatic heterocycles. The maximum absolute atomic E-state index is 14.1. The summed E-state index contributed by atoms with van der Waals surface area (Å²) in [6.07, 6.45) is 16.2. The Morgan fingerprint density at radius 1 is 0.490 bits per heavy atom. The minimum atomic E-state index is -3.72. The molecule has 0 aromatic heterocycles. The van der Waals surface area contributed by atoms with Gasteiger partial charge in [-0.1, -0.05) is 115 Å². The lowest BCUT2D eigenvalue weighted by Crippen LogP contribution is -2.26. The molecule has 4 aromatic rings. The number of benzene rings is 4. The van der Waals surface area contributed by atoms with Crippen LogP contribution in [0.3, 0.4) is 0 Å². The van der Waals surface area contributed by atoms with E-state index in [0.29, 0.717) is 19.6 Å². The van der Waals surface area contributed by atoms with Crippen LogP contribution in [-0.2, 0) is 25.1 Å². The highest BCUT2D eigenvalue weighted by Crippen LogP contribution is 2.60. The Kier molecular flexibility index (Phi) is 9.47. The maximum atomic E-state index is 14.1. The van der Waals surface area contributed by atoms with Crippen LogP contribution in [-0.4, -0.2) is 16.8 Å². The summed E-state index contributed by atoms with van der Waals surface area (Å²) >= 11 is 0. The minimum absolute atomic E-state index is 0.325. The first-order valence-electron chi connectivity index (χ1n) is 18.4. The van der Waals surface area contributed by atoms with Crippen molar-refractivity contribution in [1.29, 1.82) is 0 Å². The van der Waals surface area contributed by atoms with Gasteiger partial charge in [-0.25, -0.2) is 16.8 Å². The molecule has 0 saturated heterocycles. The molecular weight excluding hydrogens is 664 g/mol. The van der Waals surface area contributed by atoms with Gasteiger partial charge in [0.2, 0.25) is 19.7 Å². The van der Waals surface area contributed by atoms with Crippen LogP contribution >= 0.6 is 9.24 Å². The van der Waals surface area contributed by atoms with Gasteiger partial charge in [-0.05, 0) is 89.3 Å². The van der Waals surface area contributed by atoms with E-state index >= 15 is 0 Å². The number of rotatable bonds is 14. The third kappa shape index (κ3) is 5.75. The SMILES string of the molecule is CCCCCCCCC1(CCCCCCCC)c2cc3c(cc2-c2cc4c(cc21)-c1ccc(P)cc1S4(=O)=O)S(=O)(=O)c1cc(C)ccc1-3. The topological polar surface area (TPSA) is 68.3 Å². The zero-order valence-corrected chi connectivity index (χ0v) is 32.0. The van der Waals surface area contributed by atoms with Crippen molar-refractivity contribution < 1.29 is 16.8 Å². The lowest BCUT2D eigenvalue weighted by Gasteiger charge is -2.33. The van der Waals surface area contributed by atoms with Crippen LogP contribution in [0.1, 0.15) is 120 Å². The highest BCUT2D eigenvalue weighted by molar-refractivity contribution is 7.92. The molecule has 0 spiro atoms. The molecule has 1 unspecified atom stereocenters. The van der Waals surface area contributed by atoms with E-state index in [1.807, 2.05) is 43.3 Å². The summed E-state index contributed by atoms with van der Waals surface area (Å²) < 4.78 is 56.3. The van der Waals surface area contributed by atoms with Gasteiger partial charge in [0.05, 0.1) is 19.6 Å². The van der Waals surface area contributed by atoms with Crippen LogP contribution in [0.15, 0.2) is 80.2 Å². The molecule has 0 bridgehead atoms. The first-order chi connectivity index (χ1) is 23.5. The van der Waals surface area contributed by atoms with Crippen molar-refractivity contribution in [3.63, 3.8) is 0 Å². The Balaban J connectivity index is 1.43. The van der Waals surface area contributed by atoms with Crippen LogP contribution in [0.25, 0.3) is 33.4 Å². The van der Waals surface area contributed by atoms with E-state index in [4.69, 9.17) is 0 Å². The van der Waals surface area contributed by atoms with Crippen molar-refractivity contribution in [2.24, 2.45) is 0 Å². The van der Waals surface area contributed by atoms with E-state index < -0.39 is 19.7 Å². The Morgan fingerprint density at radius 2 is 0.918 bits per heavy atom. The number of unbranched alkanes of at least 4 members (excludes halogenated alkanes) is 10. The quantitative estimate of drug-likeness (QED) is 0.0833. The van der Waals surface area contributed by atoms with Crippen molar-refractivity contribution in [1.82, 2.24) is 0 Å². The molecule has 7 heteroatoms. The van der Waals surface area contributed by atoms with Crippen molar-refractivity contribution in [2.45, 2.75) is 136 Å². The van der Waals surface area contributed by atoms with Crippen LogP contribution < -0.4 is 5.30 Å². The fourth-order valence-electron chi connectivity index (χ4n) is 8.78. The first kappa shape index (κ1) is 34.6. The van der Waals surface area contributed by atoms with Crippen LogP contribution in [0.2, 0.25) is 0 Å². The Labute approximate surface area is 296 Å². The summed E-state index contributed by atoms with van der Waals surface area (Å²) in [5.74, 6) is 0. The maximum Gasteiger partial charge on any atom is 0.207 e. The zero-order chi connectivity index (χ0) is 34.6. The molecule has 1 aliphatic carbocycles. The van der Waals surface area contributed by atoms with Gasteiger partial charge in [-0.3, -0.25) is 0 Å². The summed E-state index contributed by atoms with van der Waals surface area (Å²) in [7, 11) is -4.81. The second kappa shape index (κ2) is 13.4. The molecule has 0 N–H and O–H groups in total. The van der Waals surface area contributed by atoms with Crippen LogP contribution in [0, 0.1) is 6.92 Å². The highest BCUT2D eigenvalue weighted by atomic mass is 32.2. The molecule has 4 aromatic carbocycles. The molecule has 3 aliphatic rings. The first-order valence-corrected chi connectivity index (χ1v) is 22.0. The van der Waals surface area contributed by atoms with Gasteiger partial charge in [0.15, 0.2) is 0 Å². The Bertz CT molecular complexity index is 2010. The average Bonchev–Trinajstić information content (AvgIpc) is 3.56. The molecule has 4 nitrogen and oxygen atoms in total. The van der Waals surface area contributed by atoms with Crippen molar-refractivity contribution in [3.05, 3.63) is 77.4 Å². The molecule has 7 rings (SSSR count). The molecule has 0 amide bonds. The lowest BCUT2D eigenvalue weighted by molar-refractivity contribution is 0.398. The molecule has 49 heavy (non-hydrogen) atoms. The number of fused-ring (bicyclic) bond motifs is 9. The van der Waals surface area contributed by atoms with Gasteiger partial charge < -0.3 is 0 Å². The number of hydrogen-bond acceptors (Lipinski definition) is 4. The molecule has 0 radical (unpaired) electrons. The van der Waals surface area contributed by atoms with Crippen molar-refractivity contribution in [3.8, 4) is 33.4 Å². The normalized spacial score (nSPS) is 16.5. The monoisotopic (exact) mass is 712 g/mol. The summed E-state index contributed by atoms with van der Waals surface area (Å²) in [5.41, 5.74) is 7.83. The van der Waals surface area contributed by atoms with Gasteiger partial charge in [0.25, 0.3) is 0 Å². The third-order valence-corrected chi connectivity index (χ3v) is 15.4. The largest absolute Gasteiger partial charge is 0.218 e. The van der Waals surface area contributed by atoms with Crippen LogP contribution in [0.4, 0.5) is 0 Å². The number of sulfone groups is 2. The highest BCUT2D eigenvalue weighted by Gasteiger charge is 2.47. The van der Waals surface area contributed by atoms with Crippen LogP contribution in [0.5, 0.6) is 0 Å². The standard InChI is InChI=1S/C42H49O4PS2/c1-4-6-8-10-12-14-20-42(21-15-13-11-9-7-5-2)36-24-34-30-18-16-28(3)22-38(30)48(43,44)40(34)26-32(36)33-27-41-35(25-37(33)42)31-19-17-29(47)23-39(31)49(41,45)46/h16-19,22-27H,4-15,20-21,47H2,1-3H3. The molecule has 1 atom stereocenters. The average molecular weight is 713 g/mol. The van der Waals surface area contributed by atoms with Gasteiger partial charge in [0, 0.05) is 27.7 Å². The van der Waals surface area contributed by atoms with Gasteiger partial charge in [-0.15, -0.1) is 9.24 Å². The summed E-state index contributed by atoms with van der Waals surface area (Å²) in [6, 6.07) is 19.6. The Hall–Kier alpha value is -2.79. The van der Waals surface area contributed by atoms with Gasteiger partial charge in [0.1, 0.15) is 0 Å². The zero-order valence-electron chi connectivity index (χ0n) is 29.2. The molecule has 0 fully saturated rings. The Morgan fingerprint density at radius 3 is 1.43 bits per heavy atom. The van der Waals surface area contributed by atoms with Gasteiger partial charge >= 0.3 is 0 Å². The fourth-order valence-corrected chi connectivity index (χ4v) is 12.7. The van der Waals surface area contributed by atoms with Gasteiger partial charge in [-0.2, -0.15) is 0 Å². The molecular formula is C42H49O4PS2. The predicted molar refractivity (Wildman–Crippen MR) is 205 cm³/mol. The lowest BCUT2D eigenvalue weighted by atomic mass is 9.70. The third-order valence-electron chi connectivity index (χ3n) is 11.4. The predicted octanol–water partition coefficient (Wildman–Crippen LogP) is 10.9. The van der Waals surface area contributed by atoms with E-state index in [9.17, 15) is 16.8 Å². The second-order valence-corrected chi connectivity index (χ2v) is 19.1. The smallest absolute Gasteiger partial charge is 0.207 e. The van der Waals surface area contributed by atoms with Crippen molar-refractivity contribution in [2.75, 3.05) is 0 Å². The fraction of sp³-hybridized carbons (Fsp3) is 0.429. The molecule has 258 valence electrons. The second-order valence-electron chi connectivity index (χ2n) is 14.7. The van der Waals surface area contributed by atoms with E-state index in [1.165, 1.54) is 62.5 Å². The van der Waals surface area contributed by atoms with E-state index in [0.717, 1.165) is 82.8 Å². The molecule has 2 heterocycles. The minimum Gasteiger partial charge on any atom is -0.218 e. The van der Waals surface area contributed by atoms with E-state index in [2.05, 4.69) is 35.2 Å². The van der Waals surface area contributed by atoms with E-state index in [-0.39, 0.29) is 5.41 Å². The summed E-state index contributed by atoms with van der Waals surface area (Å²) in [6.45, 7) is 6.42.